The molecule has 0 aliphatic heterocycles. The smallest absolute Gasteiger partial charge is 0.0725 e. The topological polar surface area (TPSA) is 35.6 Å². The van der Waals surface area contributed by atoms with E-state index in [2.05, 4.69) is 229 Å². The van der Waals surface area contributed by atoms with Crippen molar-refractivity contribution in [2.75, 3.05) is 0 Å². The second-order valence-electron chi connectivity index (χ2n) is 16.8. The molecule has 12 rings (SSSR count). The van der Waals surface area contributed by atoms with E-state index < -0.39 is 0 Å². The van der Waals surface area contributed by atoms with Crippen molar-refractivity contribution in [1.82, 2.24) is 19.1 Å². The minimum atomic E-state index is 0.882. The summed E-state index contributed by atoms with van der Waals surface area (Å²) in [6.07, 6.45) is 3.90. The van der Waals surface area contributed by atoms with Gasteiger partial charge in [-0.25, -0.2) is 4.98 Å². The van der Waals surface area contributed by atoms with Crippen LogP contribution in [-0.2, 0) is 0 Å². The summed E-state index contributed by atoms with van der Waals surface area (Å²) in [5, 5.41) is 4.94. The molecule has 302 valence electrons. The van der Waals surface area contributed by atoms with Crippen LogP contribution < -0.4 is 0 Å². The quantitative estimate of drug-likeness (QED) is 0.161. The van der Waals surface area contributed by atoms with Crippen molar-refractivity contribution in [3.8, 4) is 67.3 Å². The van der Waals surface area contributed by atoms with Gasteiger partial charge in [0.2, 0.25) is 0 Å². The zero-order chi connectivity index (χ0) is 42.7. The molecule has 0 spiro atoms. The van der Waals surface area contributed by atoms with E-state index in [0.29, 0.717) is 0 Å². The highest BCUT2D eigenvalue weighted by Crippen LogP contribution is 2.39. The van der Waals surface area contributed by atoms with Crippen molar-refractivity contribution in [3.05, 3.63) is 230 Å². The van der Waals surface area contributed by atoms with Crippen molar-refractivity contribution in [2.45, 2.75) is 13.8 Å². The Labute approximate surface area is 372 Å². The lowest BCUT2D eigenvalue weighted by Crippen LogP contribution is -1.97. The van der Waals surface area contributed by atoms with Crippen LogP contribution in [0.4, 0.5) is 0 Å². The number of pyridine rings is 2. The van der Waals surface area contributed by atoms with Gasteiger partial charge in [0.05, 0.1) is 33.5 Å². The Hall–Kier alpha value is -8.34. The van der Waals surface area contributed by atoms with Crippen molar-refractivity contribution in [3.63, 3.8) is 0 Å². The number of para-hydroxylation sites is 2. The van der Waals surface area contributed by atoms with E-state index >= 15 is 0 Å². The van der Waals surface area contributed by atoms with Crippen LogP contribution in [0, 0.1) is 13.8 Å². The Kier molecular flexibility index (Phi) is 8.91. The second kappa shape index (κ2) is 15.2. The number of rotatable bonds is 7. The van der Waals surface area contributed by atoms with Crippen molar-refractivity contribution in [2.24, 2.45) is 0 Å². The number of benzene rings is 8. The molecule has 4 heteroatoms. The third kappa shape index (κ3) is 6.30. The summed E-state index contributed by atoms with van der Waals surface area (Å²) in [7, 11) is 0. The minimum Gasteiger partial charge on any atom is -0.309 e. The lowest BCUT2D eigenvalue weighted by molar-refractivity contribution is 1.17. The van der Waals surface area contributed by atoms with Gasteiger partial charge < -0.3 is 9.13 Å². The van der Waals surface area contributed by atoms with Crippen molar-refractivity contribution >= 4 is 43.6 Å². The van der Waals surface area contributed by atoms with Gasteiger partial charge in [-0.3, -0.25) is 4.98 Å². The summed E-state index contributed by atoms with van der Waals surface area (Å²) in [6, 6.07) is 74.4. The molecule has 4 aromatic heterocycles. The van der Waals surface area contributed by atoms with Crippen LogP contribution in [-0.4, -0.2) is 19.1 Å². The van der Waals surface area contributed by atoms with Gasteiger partial charge in [-0.15, -0.1) is 0 Å². The summed E-state index contributed by atoms with van der Waals surface area (Å²) in [5.41, 5.74) is 20.2. The molecule has 0 saturated heterocycles. The van der Waals surface area contributed by atoms with Crippen LogP contribution in [0.3, 0.4) is 0 Å². The first-order valence-corrected chi connectivity index (χ1v) is 21.9. The monoisotopic (exact) mass is 818 g/mol. The molecular formula is C60H42N4. The molecule has 0 aliphatic rings. The first-order valence-electron chi connectivity index (χ1n) is 21.9. The zero-order valence-corrected chi connectivity index (χ0v) is 35.6. The maximum atomic E-state index is 5.33. The summed E-state index contributed by atoms with van der Waals surface area (Å²) in [4.78, 5) is 10.1. The zero-order valence-electron chi connectivity index (χ0n) is 35.6. The Morgan fingerprint density at radius 2 is 0.797 bits per heavy atom. The van der Waals surface area contributed by atoms with Gasteiger partial charge in [-0.05, 0) is 132 Å². The summed E-state index contributed by atoms with van der Waals surface area (Å²) < 4.78 is 4.78. The molecule has 0 amide bonds. The predicted octanol–water partition coefficient (Wildman–Crippen LogP) is 15.6. The Morgan fingerprint density at radius 3 is 1.39 bits per heavy atom. The summed E-state index contributed by atoms with van der Waals surface area (Å²) in [5.74, 6) is 0. The molecule has 4 heterocycles. The fourth-order valence-corrected chi connectivity index (χ4v) is 9.68. The molecule has 0 unspecified atom stereocenters. The molecule has 0 fully saturated rings. The molecule has 0 aliphatic carbocycles. The lowest BCUT2D eigenvalue weighted by atomic mass is 9.99. The van der Waals surface area contributed by atoms with Crippen molar-refractivity contribution in [1.29, 1.82) is 0 Å². The summed E-state index contributed by atoms with van der Waals surface area (Å²) >= 11 is 0. The van der Waals surface area contributed by atoms with Crippen LogP contribution in [0.15, 0.2) is 219 Å². The van der Waals surface area contributed by atoms with E-state index in [9.17, 15) is 0 Å². The molecule has 0 saturated carbocycles. The average Bonchev–Trinajstić information content (AvgIpc) is 3.87. The van der Waals surface area contributed by atoms with E-state index in [1.807, 2.05) is 12.4 Å². The minimum absolute atomic E-state index is 0.882. The van der Waals surface area contributed by atoms with Crippen LogP contribution in [0.25, 0.3) is 111 Å². The first kappa shape index (κ1) is 37.4. The van der Waals surface area contributed by atoms with E-state index in [-0.39, 0.29) is 0 Å². The molecule has 0 bridgehead atoms. The highest BCUT2D eigenvalue weighted by Gasteiger charge is 2.18. The molecule has 0 radical (unpaired) electrons. The maximum absolute atomic E-state index is 5.33. The van der Waals surface area contributed by atoms with Gasteiger partial charge in [0.1, 0.15) is 0 Å². The van der Waals surface area contributed by atoms with Gasteiger partial charge in [-0.2, -0.15) is 0 Å². The third-order valence-electron chi connectivity index (χ3n) is 12.9. The van der Waals surface area contributed by atoms with Gasteiger partial charge >= 0.3 is 0 Å². The van der Waals surface area contributed by atoms with E-state index in [0.717, 1.165) is 45.0 Å². The number of aromatic nitrogens is 4. The van der Waals surface area contributed by atoms with Gasteiger partial charge in [0.15, 0.2) is 0 Å². The molecule has 8 aromatic carbocycles. The van der Waals surface area contributed by atoms with Crippen LogP contribution in [0.1, 0.15) is 11.1 Å². The molecule has 64 heavy (non-hydrogen) atoms. The van der Waals surface area contributed by atoms with Crippen LogP contribution in [0.5, 0.6) is 0 Å². The normalized spacial score (nSPS) is 11.6. The van der Waals surface area contributed by atoms with Crippen LogP contribution >= 0.6 is 0 Å². The highest BCUT2D eigenvalue weighted by atomic mass is 15.0. The largest absolute Gasteiger partial charge is 0.309 e. The average molecular weight is 819 g/mol. The van der Waals surface area contributed by atoms with Gasteiger partial charge in [-0.1, -0.05) is 127 Å². The second-order valence-corrected chi connectivity index (χ2v) is 16.8. The fourth-order valence-electron chi connectivity index (χ4n) is 9.68. The predicted molar refractivity (Wildman–Crippen MR) is 267 cm³/mol. The third-order valence-corrected chi connectivity index (χ3v) is 12.9. The maximum Gasteiger partial charge on any atom is 0.0725 e. The summed E-state index contributed by atoms with van der Waals surface area (Å²) in [6.45, 7) is 4.35. The van der Waals surface area contributed by atoms with Gasteiger partial charge in [0, 0.05) is 62.0 Å². The van der Waals surface area contributed by atoms with Crippen LogP contribution in [0.2, 0.25) is 0 Å². The first-order chi connectivity index (χ1) is 31.6. The Bertz CT molecular complexity index is 3500. The number of aryl methyl sites for hydroxylation is 2. The Balaban J connectivity index is 0.915. The molecule has 0 N–H and O–H groups in total. The Morgan fingerprint density at radius 1 is 0.312 bits per heavy atom. The number of nitrogens with zero attached hydrogens (tertiary/aromatic N) is 4. The number of hydrogen-bond donors (Lipinski definition) is 0. The molecule has 12 aromatic rings. The molecule has 4 nitrogen and oxygen atoms in total. The van der Waals surface area contributed by atoms with E-state index in [1.165, 1.54) is 77.0 Å². The SMILES string of the molecule is Cc1ccc(-n2c3ccccc3c3cc(-c4ccccc4)ccc32)cc1-c1cncc(-c2cccc(-c3cc(-n4c5ccccc5c5cc(-c6ccccc6)ccc54)ccc3C)n2)c1. The number of fused-ring (bicyclic) bond motifs is 6. The lowest BCUT2D eigenvalue weighted by Gasteiger charge is -2.14. The standard InChI is InChI=1S/C60H42N4/c1-39-24-28-47(63-57-22-11-9-18-49(57)53-33-43(26-30-59(53)63)41-14-5-3-6-15-41)35-51(39)45-32-46(38-61-37-45)55-20-13-21-56(62-55)52-36-48(29-25-40(52)2)64-58-23-12-10-19-50(58)54-34-44(27-31-60(54)64)42-16-7-4-8-17-42/h3-38H,1-2H3. The molecular weight excluding hydrogens is 777 g/mol. The fraction of sp³-hybridized carbons (Fsp3) is 0.0333. The highest BCUT2D eigenvalue weighted by molar-refractivity contribution is 6.11. The molecule has 0 atom stereocenters. The van der Waals surface area contributed by atoms with Gasteiger partial charge in [0.25, 0.3) is 0 Å². The van der Waals surface area contributed by atoms with Crippen molar-refractivity contribution < 1.29 is 0 Å². The van der Waals surface area contributed by atoms with E-state index in [1.54, 1.807) is 0 Å². The van der Waals surface area contributed by atoms with E-state index in [4.69, 9.17) is 9.97 Å². The number of hydrogen-bond acceptors (Lipinski definition) is 2.